The van der Waals surface area contributed by atoms with E-state index in [1.165, 1.54) is 45.4 Å². The molecule has 0 aliphatic carbocycles. The number of hydrogen-bond donors (Lipinski definition) is 1. The Balaban J connectivity index is 0.00000289. The van der Waals surface area contributed by atoms with Crippen LogP contribution in [0.2, 0.25) is 0 Å². The van der Waals surface area contributed by atoms with Crippen molar-refractivity contribution in [2.75, 3.05) is 46.4 Å². The van der Waals surface area contributed by atoms with Crippen LogP contribution in [0.25, 0.3) is 0 Å². The van der Waals surface area contributed by atoms with E-state index in [2.05, 4.69) is 24.1 Å². The van der Waals surface area contributed by atoms with Crippen molar-refractivity contribution in [2.24, 2.45) is 11.8 Å². The van der Waals surface area contributed by atoms with E-state index >= 15 is 0 Å². The number of rotatable bonds is 8. The van der Waals surface area contributed by atoms with Gasteiger partial charge in [0.25, 0.3) is 0 Å². The third-order valence-corrected chi connectivity index (χ3v) is 3.55. The Labute approximate surface area is 119 Å². The number of methoxy groups -OCH3 is 1. The van der Waals surface area contributed by atoms with Gasteiger partial charge in [0.15, 0.2) is 0 Å². The molecule has 0 unspecified atom stereocenters. The molecule has 1 fully saturated rings. The van der Waals surface area contributed by atoms with Gasteiger partial charge in [0.2, 0.25) is 0 Å². The van der Waals surface area contributed by atoms with E-state index < -0.39 is 0 Å². The van der Waals surface area contributed by atoms with Gasteiger partial charge in [-0.1, -0.05) is 13.8 Å². The number of nitrogens with one attached hydrogen (secondary N) is 1. The van der Waals surface area contributed by atoms with Crippen molar-refractivity contribution in [3.8, 4) is 0 Å². The number of piperidine rings is 1. The van der Waals surface area contributed by atoms with Crippen molar-refractivity contribution in [3.63, 3.8) is 0 Å². The van der Waals surface area contributed by atoms with Crippen LogP contribution in [0.1, 0.15) is 33.1 Å². The fraction of sp³-hybridized carbons (Fsp3) is 1.00. The van der Waals surface area contributed by atoms with Crippen molar-refractivity contribution in [3.05, 3.63) is 0 Å². The molecule has 110 valence electrons. The third kappa shape index (κ3) is 8.30. The molecule has 18 heavy (non-hydrogen) atoms. The van der Waals surface area contributed by atoms with Crippen molar-refractivity contribution in [1.29, 1.82) is 0 Å². The van der Waals surface area contributed by atoms with Crippen LogP contribution in [-0.2, 0) is 4.74 Å². The molecule has 0 aromatic heterocycles. The van der Waals surface area contributed by atoms with Gasteiger partial charge in [-0.15, -0.1) is 12.4 Å². The van der Waals surface area contributed by atoms with Crippen LogP contribution >= 0.6 is 12.4 Å². The van der Waals surface area contributed by atoms with Crippen LogP contribution in [0.15, 0.2) is 0 Å². The van der Waals surface area contributed by atoms with E-state index in [9.17, 15) is 0 Å². The SMILES string of the molecule is COCCN(CCC1CCNCC1)CC(C)C.Cl. The van der Waals surface area contributed by atoms with Crippen LogP contribution in [0.5, 0.6) is 0 Å². The Morgan fingerprint density at radius 1 is 1.22 bits per heavy atom. The minimum atomic E-state index is 0. The first kappa shape index (κ1) is 18.2. The summed E-state index contributed by atoms with van der Waals surface area (Å²) >= 11 is 0. The second kappa shape index (κ2) is 11.0. The summed E-state index contributed by atoms with van der Waals surface area (Å²) in [7, 11) is 1.79. The Morgan fingerprint density at radius 2 is 1.89 bits per heavy atom. The molecule has 0 saturated carbocycles. The second-order valence-electron chi connectivity index (χ2n) is 5.67. The molecule has 1 heterocycles. The summed E-state index contributed by atoms with van der Waals surface area (Å²) in [6.07, 6.45) is 4.08. The molecule has 4 heteroatoms. The zero-order valence-electron chi connectivity index (χ0n) is 12.3. The van der Waals surface area contributed by atoms with Crippen molar-refractivity contribution in [1.82, 2.24) is 10.2 Å². The minimum Gasteiger partial charge on any atom is -0.383 e. The molecule has 1 aliphatic heterocycles. The average Bonchev–Trinajstić information content (AvgIpc) is 2.33. The number of halogens is 1. The average molecular weight is 279 g/mol. The molecule has 1 N–H and O–H groups in total. The van der Waals surface area contributed by atoms with Gasteiger partial charge in [-0.05, 0) is 50.7 Å². The first-order valence-electron chi connectivity index (χ1n) is 7.14. The van der Waals surface area contributed by atoms with Crippen LogP contribution in [0.4, 0.5) is 0 Å². The summed E-state index contributed by atoms with van der Waals surface area (Å²) in [4.78, 5) is 2.57. The third-order valence-electron chi connectivity index (χ3n) is 3.55. The predicted octanol–water partition coefficient (Wildman–Crippen LogP) is 2.40. The summed E-state index contributed by atoms with van der Waals surface area (Å²) in [5.41, 5.74) is 0. The van der Waals surface area contributed by atoms with E-state index in [-0.39, 0.29) is 12.4 Å². The highest BCUT2D eigenvalue weighted by molar-refractivity contribution is 5.85. The molecule has 0 aromatic rings. The molecule has 0 spiro atoms. The molecule has 0 aromatic carbocycles. The Morgan fingerprint density at radius 3 is 2.44 bits per heavy atom. The molecule has 1 aliphatic rings. The quantitative estimate of drug-likeness (QED) is 0.738. The largest absolute Gasteiger partial charge is 0.383 e. The van der Waals surface area contributed by atoms with Gasteiger partial charge in [0, 0.05) is 20.2 Å². The zero-order valence-corrected chi connectivity index (χ0v) is 13.1. The molecule has 0 radical (unpaired) electrons. The van der Waals surface area contributed by atoms with Gasteiger partial charge in [-0.3, -0.25) is 0 Å². The molecule has 0 atom stereocenters. The fourth-order valence-electron chi connectivity index (χ4n) is 2.57. The van der Waals surface area contributed by atoms with Gasteiger partial charge in [-0.2, -0.15) is 0 Å². The highest BCUT2D eigenvalue weighted by atomic mass is 35.5. The van der Waals surface area contributed by atoms with Gasteiger partial charge < -0.3 is 15.0 Å². The maximum Gasteiger partial charge on any atom is 0.0589 e. The molecule has 1 saturated heterocycles. The highest BCUT2D eigenvalue weighted by Gasteiger charge is 2.15. The highest BCUT2D eigenvalue weighted by Crippen LogP contribution is 2.16. The van der Waals surface area contributed by atoms with E-state index in [1.54, 1.807) is 7.11 Å². The van der Waals surface area contributed by atoms with Crippen LogP contribution in [0, 0.1) is 11.8 Å². The van der Waals surface area contributed by atoms with Crippen molar-refractivity contribution < 1.29 is 4.74 Å². The maximum absolute atomic E-state index is 5.19. The first-order valence-corrected chi connectivity index (χ1v) is 7.14. The lowest BCUT2D eigenvalue weighted by atomic mass is 9.94. The molecule has 0 amide bonds. The first-order chi connectivity index (χ1) is 8.22. The normalized spacial score (nSPS) is 17.2. The molecular weight excluding hydrogens is 248 g/mol. The minimum absolute atomic E-state index is 0. The van der Waals surface area contributed by atoms with Crippen molar-refractivity contribution in [2.45, 2.75) is 33.1 Å². The van der Waals surface area contributed by atoms with Crippen LogP contribution in [0.3, 0.4) is 0 Å². The van der Waals surface area contributed by atoms with Crippen molar-refractivity contribution >= 4 is 12.4 Å². The van der Waals surface area contributed by atoms with Gasteiger partial charge >= 0.3 is 0 Å². The Bertz CT molecular complexity index is 185. The summed E-state index contributed by atoms with van der Waals surface area (Å²) in [5, 5.41) is 3.44. The molecular formula is C14H31ClN2O. The second-order valence-corrected chi connectivity index (χ2v) is 5.67. The maximum atomic E-state index is 5.19. The van der Waals surface area contributed by atoms with E-state index in [4.69, 9.17) is 4.74 Å². The van der Waals surface area contributed by atoms with E-state index in [0.29, 0.717) is 0 Å². The smallest absolute Gasteiger partial charge is 0.0589 e. The summed E-state index contributed by atoms with van der Waals surface area (Å²) < 4.78 is 5.19. The van der Waals surface area contributed by atoms with Gasteiger partial charge in [0.1, 0.15) is 0 Å². The Hall–Kier alpha value is 0.170. The summed E-state index contributed by atoms with van der Waals surface area (Å²) in [6.45, 7) is 11.4. The fourth-order valence-corrected chi connectivity index (χ4v) is 2.57. The monoisotopic (exact) mass is 278 g/mol. The van der Waals surface area contributed by atoms with Gasteiger partial charge in [0.05, 0.1) is 6.61 Å². The van der Waals surface area contributed by atoms with Gasteiger partial charge in [-0.25, -0.2) is 0 Å². The van der Waals surface area contributed by atoms with Crippen LogP contribution in [-0.4, -0.2) is 51.3 Å². The topological polar surface area (TPSA) is 24.5 Å². The lowest BCUT2D eigenvalue weighted by molar-refractivity contribution is 0.133. The number of ether oxygens (including phenoxy) is 1. The van der Waals surface area contributed by atoms with E-state index in [1.807, 2.05) is 0 Å². The predicted molar refractivity (Wildman–Crippen MR) is 80.6 cm³/mol. The van der Waals surface area contributed by atoms with E-state index in [0.717, 1.165) is 25.0 Å². The number of hydrogen-bond acceptors (Lipinski definition) is 3. The standard InChI is InChI=1S/C14H30N2O.ClH/c1-13(2)12-16(10-11-17-3)9-6-14-4-7-15-8-5-14;/h13-15H,4-12H2,1-3H3;1H. The molecule has 0 bridgehead atoms. The lowest BCUT2D eigenvalue weighted by Crippen LogP contribution is -2.35. The zero-order chi connectivity index (χ0) is 12.5. The number of nitrogens with zero attached hydrogens (tertiary/aromatic N) is 1. The van der Waals surface area contributed by atoms with Crippen LogP contribution < -0.4 is 5.32 Å². The molecule has 1 rings (SSSR count). The summed E-state index contributed by atoms with van der Waals surface area (Å²) in [6, 6.07) is 0. The lowest BCUT2D eigenvalue weighted by Gasteiger charge is -2.28. The molecule has 3 nitrogen and oxygen atoms in total. The summed E-state index contributed by atoms with van der Waals surface area (Å²) in [5.74, 6) is 1.69. The Kier molecular flexibility index (Phi) is 11.1.